The maximum Gasteiger partial charge on any atom is 0.225 e. The molecule has 14 heavy (non-hydrogen) atoms. The molecule has 1 aliphatic heterocycles. The van der Waals surface area contributed by atoms with Gasteiger partial charge in [-0.25, -0.2) is 9.97 Å². The Bertz CT molecular complexity index is 294. The van der Waals surface area contributed by atoms with Crippen molar-refractivity contribution in [2.45, 2.75) is 12.5 Å². The highest BCUT2D eigenvalue weighted by Gasteiger charge is 2.21. The minimum absolute atomic E-state index is 0.388. The molecule has 5 heteroatoms. The number of hydrogen-bond donors (Lipinski definition) is 1. The van der Waals surface area contributed by atoms with E-state index in [9.17, 15) is 0 Å². The second-order valence-electron chi connectivity index (χ2n) is 3.44. The summed E-state index contributed by atoms with van der Waals surface area (Å²) in [5, 5.41) is 0. The van der Waals surface area contributed by atoms with Gasteiger partial charge >= 0.3 is 0 Å². The first-order valence-electron chi connectivity index (χ1n) is 4.65. The fourth-order valence-electron chi connectivity index (χ4n) is 1.50. The molecule has 0 amide bonds. The van der Waals surface area contributed by atoms with Crippen molar-refractivity contribution in [2.24, 2.45) is 0 Å². The molecule has 5 nitrogen and oxygen atoms in total. The summed E-state index contributed by atoms with van der Waals surface area (Å²) in [6.45, 7) is 1.58. The average Bonchev–Trinajstić information content (AvgIpc) is 2.71. The Morgan fingerprint density at radius 2 is 2.21 bits per heavy atom. The highest BCUT2D eigenvalue weighted by molar-refractivity contribution is 5.38. The summed E-state index contributed by atoms with van der Waals surface area (Å²) < 4.78 is 5.30. The van der Waals surface area contributed by atoms with Crippen molar-refractivity contribution in [2.75, 3.05) is 30.9 Å². The van der Waals surface area contributed by atoms with Crippen molar-refractivity contribution in [1.29, 1.82) is 0 Å². The number of aromatic nitrogens is 2. The molecule has 0 saturated carbocycles. The summed E-state index contributed by atoms with van der Waals surface area (Å²) in [6.07, 6.45) is 4.27. The van der Waals surface area contributed by atoms with E-state index in [-0.39, 0.29) is 0 Å². The minimum Gasteiger partial charge on any atom is -0.396 e. The zero-order chi connectivity index (χ0) is 9.97. The second-order valence-corrected chi connectivity index (χ2v) is 3.44. The van der Waals surface area contributed by atoms with Crippen LogP contribution in [0.15, 0.2) is 12.4 Å². The van der Waals surface area contributed by atoms with E-state index in [1.165, 1.54) is 0 Å². The molecule has 1 unspecified atom stereocenters. The third-order valence-corrected chi connectivity index (χ3v) is 2.43. The average molecular weight is 194 g/mol. The van der Waals surface area contributed by atoms with Crippen LogP contribution in [0.5, 0.6) is 0 Å². The first-order chi connectivity index (χ1) is 6.77. The van der Waals surface area contributed by atoms with Crippen molar-refractivity contribution in [1.82, 2.24) is 9.97 Å². The monoisotopic (exact) mass is 194 g/mol. The van der Waals surface area contributed by atoms with Crippen LogP contribution in [0.4, 0.5) is 11.6 Å². The van der Waals surface area contributed by atoms with Crippen LogP contribution < -0.4 is 10.6 Å². The molecule has 76 valence electrons. The van der Waals surface area contributed by atoms with E-state index >= 15 is 0 Å². The second kappa shape index (κ2) is 3.79. The molecule has 2 rings (SSSR count). The maximum absolute atomic E-state index is 5.51. The largest absolute Gasteiger partial charge is 0.396 e. The molecule has 2 N–H and O–H groups in total. The molecular formula is C9H14N4O. The molecule has 0 spiro atoms. The predicted octanol–water partition coefficient (Wildman–Crippen LogP) is 0.284. The lowest BCUT2D eigenvalue weighted by Gasteiger charge is -2.22. The summed E-state index contributed by atoms with van der Waals surface area (Å²) in [7, 11) is 1.98. The highest BCUT2D eigenvalue weighted by Crippen LogP contribution is 2.15. The first-order valence-corrected chi connectivity index (χ1v) is 4.65. The van der Waals surface area contributed by atoms with Crippen molar-refractivity contribution >= 4 is 11.6 Å². The third kappa shape index (κ3) is 1.77. The van der Waals surface area contributed by atoms with E-state index in [1.807, 2.05) is 11.9 Å². The lowest BCUT2D eigenvalue weighted by atomic mass is 10.2. The van der Waals surface area contributed by atoms with Gasteiger partial charge in [-0.05, 0) is 6.42 Å². The molecule has 0 aromatic carbocycles. The van der Waals surface area contributed by atoms with E-state index in [1.54, 1.807) is 12.4 Å². The van der Waals surface area contributed by atoms with Crippen molar-refractivity contribution in [3.05, 3.63) is 12.4 Å². The molecule has 0 bridgehead atoms. The van der Waals surface area contributed by atoms with Crippen LogP contribution in [0, 0.1) is 0 Å². The number of likely N-dealkylation sites (N-methyl/N-ethyl adjacent to an activating group) is 1. The lowest BCUT2D eigenvalue weighted by molar-refractivity contribution is 0.193. The molecular weight excluding hydrogens is 180 g/mol. The highest BCUT2D eigenvalue weighted by atomic mass is 16.5. The molecule has 1 aromatic heterocycles. The molecule has 1 fully saturated rings. The summed E-state index contributed by atoms with van der Waals surface area (Å²) in [4.78, 5) is 10.3. The van der Waals surface area contributed by atoms with Crippen molar-refractivity contribution in [3.63, 3.8) is 0 Å². The number of hydrogen-bond acceptors (Lipinski definition) is 5. The molecule has 1 atom stereocenters. The van der Waals surface area contributed by atoms with Gasteiger partial charge in [-0.15, -0.1) is 0 Å². The number of nitrogens with two attached hydrogens (primary N) is 1. The smallest absolute Gasteiger partial charge is 0.225 e. The standard InChI is InChI=1S/C9H14N4O/c1-13(8-2-3-14-6-8)9-11-4-7(10)5-12-9/h4-5,8H,2-3,6,10H2,1H3. The van der Waals surface area contributed by atoms with Gasteiger partial charge in [-0.3, -0.25) is 0 Å². The van der Waals surface area contributed by atoms with Crippen LogP contribution in [0.3, 0.4) is 0 Å². The molecule has 1 saturated heterocycles. The fourth-order valence-corrected chi connectivity index (χ4v) is 1.50. The topological polar surface area (TPSA) is 64.3 Å². The summed E-state index contributed by atoms with van der Waals surface area (Å²) in [5.41, 5.74) is 6.10. The van der Waals surface area contributed by atoms with Crippen LogP contribution in [-0.2, 0) is 4.74 Å². The van der Waals surface area contributed by atoms with Gasteiger partial charge < -0.3 is 15.4 Å². The van der Waals surface area contributed by atoms with Gasteiger partial charge in [0.1, 0.15) is 0 Å². The normalized spacial score (nSPS) is 21.1. The summed E-state index contributed by atoms with van der Waals surface area (Å²) in [6, 6.07) is 0.388. The lowest BCUT2D eigenvalue weighted by Crippen LogP contribution is -2.33. The van der Waals surface area contributed by atoms with Gasteiger partial charge in [-0.1, -0.05) is 0 Å². The minimum atomic E-state index is 0.388. The van der Waals surface area contributed by atoms with E-state index in [0.717, 1.165) is 19.6 Å². The Balaban J connectivity index is 2.09. The van der Waals surface area contributed by atoms with Crippen molar-refractivity contribution < 1.29 is 4.74 Å². The third-order valence-electron chi connectivity index (χ3n) is 2.43. The van der Waals surface area contributed by atoms with Gasteiger partial charge in [0.2, 0.25) is 5.95 Å². The Hall–Kier alpha value is -1.36. The van der Waals surface area contributed by atoms with E-state index in [2.05, 4.69) is 9.97 Å². The molecule has 1 aromatic rings. The predicted molar refractivity (Wildman–Crippen MR) is 54.1 cm³/mol. The summed E-state index contributed by atoms with van der Waals surface area (Å²) >= 11 is 0. The van der Waals surface area contributed by atoms with Gasteiger partial charge in [-0.2, -0.15) is 0 Å². The summed E-state index contributed by atoms with van der Waals surface area (Å²) in [5.74, 6) is 0.703. The Labute approximate surface area is 82.9 Å². The van der Waals surface area contributed by atoms with Crippen LogP contribution in [0.25, 0.3) is 0 Å². The van der Waals surface area contributed by atoms with Crippen LogP contribution in [0.2, 0.25) is 0 Å². The van der Waals surface area contributed by atoms with Gasteiger partial charge in [0.15, 0.2) is 0 Å². The Morgan fingerprint density at radius 3 is 2.79 bits per heavy atom. The van der Waals surface area contributed by atoms with Gasteiger partial charge in [0.05, 0.1) is 30.7 Å². The Kier molecular flexibility index (Phi) is 2.49. The zero-order valence-corrected chi connectivity index (χ0v) is 8.18. The van der Waals surface area contributed by atoms with Crippen LogP contribution in [-0.4, -0.2) is 36.3 Å². The van der Waals surface area contributed by atoms with Gasteiger partial charge in [0.25, 0.3) is 0 Å². The molecule has 2 heterocycles. The molecule has 0 radical (unpaired) electrons. The number of ether oxygens (including phenoxy) is 1. The molecule has 0 aliphatic carbocycles. The van der Waals surface area contributed by atoms with Crippen LogP contribution in [0.1, 0.15) is 6.42 Å². The maximum atomic E-state index is 5.51. The SMILES string of the molecule is CN(c1ncc(N)cn1)C1CCOC1. The van der Waals surface area contributed by atoms with E-state index in [0.29, 0.717) is 17.7 Å². The van der Waals surface area contributed by atoms with Crippen molar-refractivity contribution in [3.8, 4) is 0 Å². The van der Waals surface area contributed by atoms with E-state index in [4.69, 9.17) is 10.5 Å². The number of nitrogens with zero attached hydrogens (tertiary/aromatic N) is 3. The van der Waals surface area contributed by atoms with Gasteiger partial charge in [0, 0.05) is 13.7 Å². The Morgan fingerprint density at radius 1 is 1.50 bits per heavy atom. The first kappa shape index (κ1) is 9.21. The quantitative estimate of drug-likeness (QED) is 0.732. The van der Waals surface area contributed by atoms with Crippen LogP contribution >= 0.6 is 0 Å². The zero-order valence-electron chi connectivity index (χ0n) is 8.18. The number of nitrogen functional groups attached to an aromatic ring is 1. The molecule has 1 aliphatic rings. The number of anilines is 2. The fraction of sp³-hybridized carbons (Fsp3) is 0.556. The van der Waals surface area contributed by atoms with E-state index < -0.39 is 0 Å². The number of rotatable bonds is 2.